The van der Waals surface area contributed by atoms with E-state index in [-0.39, 0.29) is 12.0 Å². The summed E-state index contributed by atoms with van der Waals surface area (Å²) >= 11 is 3.37. The van der Waals surface area contributed by atoms with Crippen molar-refractivity contribution in [3.8, 4) is 5.75 Å². The quantitative estimate of drug-likeness (QED) is 0.929. The summed E-state index contributed by atoms with van der Waals surface area (Å²) in [6, 6.07) is 7.64. The molecule has 0 unspecified atom stereocenters. The molecule has 1 saturated carbocycles. The van der Waals surface area contributed by atoms with Gasteiger partial charge in [0.05, 0.1) is 12.0 Å². The number of ether oxygens (including phenoxy) is 1. The third kappa shape index (κ3) is 3.46. The first kappa shape index (κ1) is 12.4. The van der Waals surface area contributed by atoms with Gasteiger partial charge in [0.2, 0.25) is 0 Å². The Morgan fingerprint density at radius 2 is 2.00 bits per heavy atom. The van der Waals surface area contributed by atoms with Crippen LogP contribution in [-0.4, -0.2) is 17.2 Å². The van der Waals surface area contributed by atoms with Gasteiger partial charge in [-0.05, 0) is 49.9 Å². The molecule has 0 aromatic heterocycles. The van der Waals surface area contributed by atoms with Crippen molar-refractivity contribution in [1.29, 1.82) is 0 Å². The number of carboxylic acids is 1. The second-order valence-electron chi connectivity index (χ2n) is 4.40. The molecule has 0 amide bonds. The maximum absolute atomic E-state index is 10.9. The molecule has 0 aliphatic heterocycles. The van der Waals surface area contributed by atoms with Gasteiger partial charge in [-0.15, -0.1) is 0 Å². The number of carboxylic acid groups (broad SMARTS) is 1. The van der Waals surface area contributed by atoms with E-state index in [2.05, 4.69) is 15.9 Å². The molecule has 92 valence electrons. The maximum atomic E-state index is 10.9. The molecular weight excluding hydrogens is 284 g/mol. The van der Waals surface area contributed by atoms with E-state index in [0.29, 0.717) is 6.42 Å². The van der Waals surface area contributed by atoms with Crippen LogP contribution in [0.2, 0.25) is 0 Å². The Kier molecular flexibility index (Phi) is 4.05. The molecule has 2 atom stereocenters. The third-order valence-corrected chi connectivity index (χ3v) is 3.62. The lowest BCUT2D eigenvalue weighted by atomic mass is 9.87. The van der Waals surface area contributed by atoms with Crippen LogP contribution in [-0.2, 0) is 4.79 Å². The standard InChI is InChI=1S/C13H15BrO3/c14-10-4-6-11(7-5-10)17-12-3-1-2-9(8-12)13(15)16/h4-7,9,12H,1-3,8H2,(H,15,16)/t9-,12-/m0/s1. The van der Waals surface area contributed by atoms with E-state index >= 15 is 0 Å². The SMILES string of the molecule is O=C(O)[C@H]1CCC[C@H](Oc2ccc(Br)cc2)C1. The summed E-state index contributed by atoms with van der Waals surface area (Å²) < 4.78 is 6.82. The highest BCUT2D eigenvalue weighted by Crippen LogP contribution is 2.28. The normalized spacial score (nSPS) is 24.3. The van der Waals surface area contributed by atoms with Crippen molar-refractivity contribution in [2.24, 2.45) is 5.92 Å². The molecule has 1 aromatic carbocycles. The Hall–Kier alpha value is -1.03. The monoisotopic (exact) mass is 298 g/mol. The lowest BCUT2D eigenvalue weighted by Crippen LogP contribution is -2.29. The molecule has 0 radical (unpaired) electrons. The van der Waals surface area contributed by atoms with Crippen LogP contribution in [0, 0.1) is 5.92 Å². The molecule has 1 fully saturated rings. The Bertz CT molecular complexity index is 388. The van der Waals surface area contributed by atoms with Crippen LogP contribution in [0.25, 0.3) is 0 Å². The zero-order valence-corrected chi connectivity index (χ0v) is 11.0. The molecule has 0 spiro atoms. The summed E-state index contributed by atoms with van der Waals surface area (Å²) in [5.74, 6) is -0.137. The zero-order valence-electron chi connectivity index (χ0n) is 9.43. The predicted molar refractivity (Wildman–Crippen MR) is 68.2 cm³/mol. The largest absolute Gasteiger partial charge is 0.490 e. The van der Waals surface area contributed by atoms with Crippen LogP contribution in [0.15, 0.2) is 28.7 Å². The lowest BCUT2D eigenvalue weighted by Gasteiger charge is -2.27. The van der Waals surface area contributed by atoms with Gasteiger partial charge in [-0.25, -0.2) is 0 Å². The van der Waals surface area contributed by atoms with Gasteiger partial charge in [-0.2, -0.15) is 0 Å². The molecule has 0 saturated heterocycles. The van der Waals surface area contributed by atoms with E-state index in [1.807, 2.05) is 24.3 Å². The predicted octanol–water partition coefficient (Wildman–Crippen LogP) is 3.47. The van der Waals surface area contributed by atoms with Crippen LogP contribution in [0.3, 0.4) is 0 Å². The van der Waals surface area contributed by atoms with E-state index in [0.717, 1.165) is 29.5 Å². The fourth-order valence-electron chi connectivity index (χ4n) is 2.18. The van der Waals surface area contributed by atoms with Crippen LogP contribution in [0.5, 0.6) is 5.75 Å². The summed E-state index contributed by atoms with van der Waals surface area (Å²) in [5, 5.41) is 9.00. The first-order valence-corrected chi connectivity index (χ1v) is 6.59. The van der Waals surface area contributed by atoms with Gasteiger partial charge in [0, 0.05) is 4.47 Å². The number of aliphatic carboxylic acids is 1. The first-order valence-electron chi connectivity index (χ1n) is 5.80. The minimum absolute atomic E-state index is 0.0334. The highest BCUT2D eigenvalue weighted by Gasteiger charge is 2.27. The molecule has 4 heteroatoms. The van der Waals surface area contributed by atoms with Gasteiger partial charge >= 0.3 is 5.97 Å². The summed E-state index contributed by atoms with van der Waals surface area (Å²) in [5.41, 5.74) is 0. The van der Waals surface area contributed by atoms with Gasteiger partial charge in [0.15, 0.2) is 0 Å². The number of hydrogen-bond donors (Lipinski definition) is 1. The van der Waals surface area contributed by atoms with E-state index in [1.54, 1.807) is 0 Å². The Morgan fingerprint density at radius 3 is 2.65 bits per heavy atom. The maximum Gasteiger partial charge on any atom is 0.306 e. The van der Waals surface area contributed by atoms with Gasteiger partial charge in [0.25, 0.3) is 0 Å². The summed E-state index contributed by atoms with van der Waals surface area (Å²) in [6.45, 7) is 0. The van der Waals surface area contributed by atoms with E-state index < -0.39 is 5.97 Å². The fourth-order valence-corrected chi connectivity index (χ4v) is 2.45. The third-order valence-electron chi connectivity index (χ3n) is 3.09. The van der Waals surface area contributed by atoms with Gasteiger partial charge in [-0.1, -0.05) is 15.9 Å². The van der Waals surface area contributed by atoms with Crippen molar-refractivity contribution in [3.05, 3.63) is 28.7 Å². The molecule has 1 aromatic rings. The van der Waals surface area contributed by atoms with Crippen molar-refractivity contribution < 1.29 is 14.6 Å². The number of rotatable bonds is 3. The molecule has 1 N–H and O–H groups in total. The van der Waals surface area contributed by atoms with Gasteiger partial charge in [-0.3, -0.25) is 4.79 Å². The van der Waals surface area contributed by atoms with E-state index in [1.165, 1.54) is 0 Å². The Morgan fingerprint density at radius 1 is 1.29 bits per heavy atom. The number of halogens is 1. The Labute approximate surface area is 109 Å². The van der Waals surface area contributed by atoms with Gasteiger partial charge < -0.3 is 9.84 Å². The van der Waals surface area contributed by atoms with Crippen LogP contribution in [0.1, 0.15) is 25.7 Å². The van der Waals surface area contributed by atoms with E-state index in [9.17, 15) is 4.79 Å². The second kappa shape index (κ2) is 5.54. The minimum atomic E-state index is -0.700. The molecule has 0 heterocycles. The van der Waals surface area contributed by atoms with Crippen LogP contribution in [0.4, 0.5) is 0 Å². The molecular formula is C13H15BrO3. The van der Waals surface area contributed by atoms with Gasteiger partial charge in [0.1, 0.15) is 5.75 Å². The Balaban J connectivity index is 1.94. The topological polar surface area (TPSA) is 46.5 Å². The van der Waals surface area contributed by atoms with Crippen molar-refractivity contribution >= 4 is 21.9 Å². The highest BCUT2D eigenvalue weighted by molar-refractivity contribution is 9.10. The fraction of sp³-hybridized carbons (Fsp3) is 0.462. The average Bonchev–Trinajstić information content (AvgIpc) is 2.32. The van der Waals surface area contributed by atoms with Crippen molar-refractivity contribution in [2.45, 2.75) is 31.8 Å². The summed E-state index contributed by atoms with van der Waals surface area (Å²) in [7, 11) is 0. The van der Waals surface area contributed by atoms with Crippen molar-refractivity contribution in [1.82, 2.24) is 0 Å². The molecule has 1 aliphatic rings. The van der Waals surface area contributed by atoms with E-state index in [4.69, 9.17) is 9.84 Å². The zero-order chi connectivity index (χ0) is 12.3. The molecule has 2 rings (SSSR count). The number of carbonyl (C=O) groups is 1. The van der Waals surface area contributed by atoms with Crippen molar-refractivity contribution in [3.63, 3.8) is 0 Å². The molecule has 1 aliphatic carbocycles. The molecule has 17 heavy (non-hydrogen) atoms. The van der Waals surface area contributed by atoms with Crippen LogP contribution >= 0.6 is 15.9 Å². The average molecular weight is 299 g/mol. The lowest BCUT2D eigenvalue weighted by molar-refractivity contribution is -0.143. The van der Waals surface area contributed by atoms with Crippen molar-refractivity contribution in [2.75, 3.05) is 0 Å². The second-order valence-corrected chi connectivity index (χ2v) is 5.31. The first-order chi connectivity index (χ1) is 8.15. The summed E-state index contributed by atoms with van der Waals surface area (Å²) in [4.78, 5) is 10.9. The minimum Gasteiger partial charge on any atom is -0.490 e. The molecule has 0 bridgehead atoms. The highest BCUT2D eigenvalue weighted by atomic mass is 79.9. The number of benzene rings is 1. The molecule has 3 nitrogen and oxygen atoms in total. The smallest absolute Gasteiger partial charge is 0.306 e. The number of hydrogen-bond acceptors (Lipinski definition) is 2. The van der Waals surface area contributed by atoms with Crippen LogP contribution < -0.4 is 4.74 Å². The summed E-state index contributed by atoms with van der Waals surface area (Å²) in [6.07, 6.45) is 3.30.